The van der Waals surface area contributed by atoms with Gasteiger partial charge < -0.3 is 14.4 Å². The number of aromatic nitrogens is 1. The third kappa shape index (κ3) is 5.18. The third-order valence-electron chi connectivity index (χ3n) is 5.09. The van der Waals surface area contributed by atoms with Crippen molar-refractivity contribution in [2.75, 3.05) is 24.6 Å². The fourth-order valence-corrected chi connectivity index (χ4v) is 3.50. The van der Waals surface area contributed by atoms with Gasteiger partial charge in [0.1, 0.15) is 6.10 Å². The number of rotatable bonds is 5. The van der Waals surface area contributed by atoms with Gasteiger partial charge in [0.05, 0.1) is 18.5 Å². The Balaban J connectivity index is 1.40. The molecule has 2 fully saturated rings. The number of anilines is 1. The van der Waals surface area contributed by atoms with Gasteiger partial charge in [0.15, 0.2) is 0 Å². The number of carbonyl (C=O) groups is 3. The lowest BCUT2D eigenvalue weighted by atomic mass is 9.88. The average molecular weight is 375 g/mol. The van der Waals surface area contributed by atoms with Crippen molar-refractivity contribution < 1.29 is 23.9 Å². The Hall–Kier alpha value is -2.64. The zero-order valence-corrected chi connectivity index (χ0v) is 15.3. The predicted molar refractivity (Wildman–Crippen MR) is 97.2 cm³/mol. The fourth-order valence-electron chi connectivity index (χ4n) is 3.50. The van der Waals surface area contributed by atoms with Crippen LogP contribution in [0.15, 0.2) is 24.5 Å². The average Bonchev–Trinajstić information content (AvgIpc) is 3.23. The van der Waals surface area contributed by atoms with Crippen LogP contribution >= 0.6 is 0 Å². The molecule has 0 radical (unpaired) electrons. The number of likely N-dealkylation sites (tertiary alicyclic amines) is 1. The molecular formula is C19H25N3O5. The molecule has 8 nitrogen and oxygen atoms in total. The van der Waals surface area contributed by atoms with Crippen LogP contribution in [0.5, 0.6) is 0 Å². The molecule has 0 bridgehead atoms. The normalized spacial score (nSPS) is 22.1. The van der Waals surface area contributed by atoms with Gasteiger partial charge in [-0.2, -0.15) is 0 Å². The molecular weight excluding hydrogens is 350 g/mol. The lowest BCUT2D eigenvalue weighted by Crippen LogP contribution is -2.35. The lowest BCUT2D eigenvalue weighted by molar-refractivity contribution is -0.107. The summed E-state index contributed by atoms with van der Waals surface area (Å²) in [5.74, 6) is 0.284. The van der Waals surface area contributed by atoms with E-state index in [1.165, 1.54) is 6.20 Å². The van der Waals surface area contributed by atoms with Gasteiger partial charge in [0.25, 0.3) is 0 Å². The number of imide groups is 1. The van der Waals surface area contributed by atoms with Crippen molar-refractivity contribution in [1.29, 1.82) is 0 Å². The number of nitrogens with zero attached hydrogens (tertiary/aromatic N) is 3. The minimum atomic E-state index is -0.693. The van der Waals surface area contributed by atoms with Crippen molar-refractivity contribution >= 4 is 24.3 Å². The molecule has 1 aromatic rings. The van der Waals surface area contributed by atoms with Gasteiger partial charge in [-0.3, -0.25) is 9.78 Å². The highest BCUT2D eigenvalue weighted by atomic mass is 16.6. The molecule has 1 saturated heterocycles. The minimum Gasteiger partial charge on any atom is -0.449 e. The van der Waals surface area contributed by atoms with Crippen LogP contribution < -0.4 is 4.90 Å². The molecule has 27 heavy (non-hydrogen) atoms. The van der Waals surface area contributed by atoms with Gasteiger partial charge in [-0.1, -0.05) is 0 Å². The van der Waals surface area contributed by atoms with E-state index < -0.39 is 6.09 Å². The van der Waals surface area contributed by atoms with Crippen molar-refractivity contribution in [1.82, 2.24) is 9.88 Å². The molecule has 0 spiro atoms. The van der Waals surface area contributed by atoms with E-state index in [2.05, 4.69) is 4.98 Å². The van der Waals surface area contributed by atoms with E-state index >= 15 is 0 Å². The quantitative estimate of drug-likeness (QED) is 0.735. The number of carbonyl (C=O) groups excluding carboxylic acids is 3. The molecule has 2 aliphatic rings. The van der Waals surface area contributed by atoms with E-state index in [1.54, 1.807) is 23.2 Å². The molecule has 3 rings (SSSR count). The minimum absolute atomic E-state index is 0.223. The first-order valence-electron chi connectivity index (χ1n) is 9.44. The summed E-state index contributed by atoms with van der Waals surface area (Å²) >= 11 is 0. The molecule has 1 saturated carbocycles. The number of amides is 3. The van der Waals surface area contributed by atoms with Crippen LogP contribution in [0.2, 0.25) is 0 Å². The molecule has 146 valence electrons. The van der Waals surface area contributed by atoms with E-state index in [0.29, 0.717) is 31.5 Å². The predicted octanol–water partition coefficient (Wildman–Crippen LogP) is 2.97. The first-order valence-corrected chi connectivity index (χ1v) is 9.44. The molecule has 2 heterocycles. The van der Waals surface area contributed by atoms with Crippen molar-refractivity contribution in [2.45, 2.75) is 44.6 Å². The number of hydrogen-bond acceptors (Lipinski definition) is 6. The molecule has 0 unspecified atom stereocenters. The molecule has 0 N–H and O–H groups in total. The maximum atomic E-state index is 12.3. The monoisotopic (exact) mass is 375 g/mol. The Bertz CT molecular complexity index is 640. The van der Waals surface area contributed by atoms with Gasteiger partial charge in [-0.15, -0.1) is 0 Å². The molecule has 8 heteroatoms. The molecule has 1 aromatic heterocycles. The van der Waals surface area contributed by atoms with Crippen LogP contribution in [0.1, 0.15) is 38.5 Å². The van der Waals surface area contributed by atoms with Crippen molar-refractivity contribution in [3.05, 3.63) is 24.5 Å². The van der Waals surface area contributed by atoms with Crippen LogP contribution in [-0.4, -0.2) is 54.3 Å². The van der Waals surface area contributed by atoms with E-state index in [1.807, 2.05) is 0 Å². The van der Waals surface area contributed by atoms with Gasteiger partial charge in [0.2, 0.25) is 6.41 Å². The van der Waals surface area contributed by atoms with Crippen LogP contribution in [-0.2, 0) is 14.3 Å². The highest BCUT2D eigenvalue weighted by Gasteiger charge is 2.28. The maximum Gasteiger partial charge on any atom is 0.421 e. The lowest BCUT2D eigenvalue weighted by Gasteiger charge is -2.29. The summed E-state index contributed by atoms with van der Waals surface area (Å²) in [6, 6.07) is 3.27. The zero-order chi connectivity index (χ0) is 19.1. The van der Waals surface area contributed by atoms with Crippen molar-refractivity contribution in [3.63, 3.8) is 0 Å². The maximum absolute atomic E-state index is 12.3. The van der Waals surface area contributed by atoms with Gasteiger partial charge in [-0.05, 0) is 56.6 Å². The Morgan fingerprint density at radius 2 is 1.96 bits per heavy atom. The van der Waals surface area contributed by atoms with Crippen LogP contribution in [0, 0.1) is 5.92 Å². The van der Waals surface area contributed by atoms with E-state index in [9.17, 15) is 14.4 Å². The number of ether oxygens (including phenoxy) is 2. The summed E-state index contributed by atoms with van der Waals surface area (Å²) in [6.45, 7) is 1.98. The second kappa shape index (κ2) is 9.34. The topological polar surface area (TPSA) is 89.0 Å². The summed E-state index contributed by atoms with van der Waals surface area (Å²) in [5.41, 5.74) is 0.375. The van der Waals surface area contributed by atoms with Gasteiger partial charge in [0, 0.05) is 19.3 Å². The summed E-state index contributed by atoms with van der Waals surface area (Å²) in [7, 11) is 0. The Labute approximate surface area is 158 Å². The Morgan fingerprint density at radius 1 is 1.22 bits per heavy atom. The largest absolute Gasteiger partial charge is 0.449 e. The highest BCUT2D eigenvalue weighted by molar-refractivity contribution is 6.03. The smallest absolute Gasteiger partial charge is 0.421 e. The Kier molecular flexibility index (Phi) is 6.62. The Morgan fingerprint density at radius 3 is 2.59 bits per heavy atom. The second-order valence-corrected chi connectivity index (χ2v) is 6.98. The molecule has 3 amide bonds. The molecule has 0 aromatic carbocycles. The molecule has 0 atom stereocenters. The van der Waals surface area contributed by atoms with E-state index in [0.717, 1.165) is 43.7 Å². The highest BCUT2D eigenvalue weighted by Crippen LogP contribution is 2.27. The number of pyridine rings is 1. The van der Waals surface area contributed by atoms with Crippen molar-refractivity contribution in [3.8, 4) is 0 Å². The zero-order valence-electron chi connectivity index (χ0n) is 15.3. The fraction of sp³-hybridized carbons (Fsp3) is 0.579. The van der Waals surface area contributed by atoms with Crippen LogP contribution in [0.3, 0.4) is 0 Å². The van der Waals surface area contributed by atoms with Crippen LogP contribution in [0.25, 0.3) is 0 Å². The van der Waals surface area contributed by atoms with E-state index in [-0.39, 0.29) is 18.1 Å². The van der Waals surface area contributed by atoms with Gasteiger partial charge in [-0.25, -0.2) is 14.5 Å². The summed E-state index contributed by atoms with van der Waals surface area (Å²) < 4.78 is 10.9. The van der Waals surface area contributed by atoms with Crippen LogP contribution in [0.4, 0.5) is 15.3 Å². The van der Waals surface area contributed by atoms with Crippen molar-refractivity contribution in [2.24, 2.45) is 5.92 Å². The molecule has 1 aliphatic carbocycles. The first kappa shape index (κ1) is 19.1. The standard InChI is InChI=1S/C19H25N3O5/c23-14-22(16-4-3-9-20-12-16)19(25)27-17-7-5-15(6-8-17)13-26-18(24)21-10-1-2-11-21/h3-4,9,12,14-15,17H,1-2,5-8,10-11,13H2. The summed E-state index contributed by atoms with van der Waals surface area (Å²) in [5, 5.41) is 0. The summed E-state index contributed by atoms with van der Waals surface area (Å²) in [6.07, 6.45) is 7.39. The second-order valence-electron chi connectivity index (χ2n) is 6.98. The van der Waals surface area contributed by atoms with Gasteiger partial charge >= 0.3 is 12.2 Å². The number of hydrogen-bond donors (Lipinski definition) is 0. The molecule has 1 aliphatic heterocycles. The SMILES string of the molecule is O=CN(C(=O)OC1CCC(COC(=O)N2CCCC2)CC1)c1cccnc1. The first-order chi connectivity index (χ1) is 13.2. The summed E-state index contributed by atoms with van der Waals surface area (Å²) in [4.78, 5) is 42.0. The van der Waals surface area contributed by atoms with E-state index in [4.69, 9.17) is 9.47 Å². The third-order valence-corrected chi connectivity index (χ3v) is 5.09.